The molecule has 0 saturated carbocycles. The summed E-state index contributed by atoms with van der Waals surface area (Å²) >= 11 is 0. The highest BCUT2D eigenvalue weighted by Gasteiger charge is 2.32. The molecule has 0 bridgehead atoms. The lowest BCUT2D eigenvalue weighted by molar-refractivity contribution is -0.136. The average Bonchev–Trinajstić information content (AvgIpc) is 3.41. The van der Waals surface area contributed by atoms with Crippen molar-refractivity contribution in [3.8, 4) is 0 Å². The van der Waals surface area contributed by atoms with E-state index in [1.165, 1.54) is 23.8 Å². The Balaban J connectivity index is 0.000000375. The molecule has 254 valence electrons. The fraction of sp³-hybridized carbons (Fsp3) is 0.571. The zero-order valence-electron chi connectivity index (χ0n) is 28.3. The van der Waals surface area contributed by atoms with E-state index in [-0.39, 0.29) is 37.7 Å². The van der Waals surface area contributed by atoms with Crippen LogP contribution in [0.15, 0.2) is 42.7 Å². The Bertz CT molecular complexity index is 1330. The molecule has 11 nitrogen and oxygen atoms in total. The summed E-state index contributed by atoms with van der Waals surface area (Å²) in [6.07, 6.45) is 8.71. The minimum absolute atomic E-state index is 0.133. The van der Waals surface area contributed by atoms with Gasteiger partial charge in [-0.05, 0) is 50.7 Å². The maximum atomic E-state index is 12.9. The molecule has 2 aliphatic rings. The molecule has 1 aromatic heterocycles. The first-order valence-electron chi connectivity index (χ1n) is 16.5. The van der Waals surface area contributed by atoms with Crippen molar-refractivity contribution in [2.75, 3.05) is 26.7 Å². The summed E-state index contributed by atoms with van der Waals surface area (Å²) in [7, 11) is 1.67. The van der Waals surface area contributed by atoms with E-state index in [0.29, 0.717) is 37.9 Å². The monoisotopic (exact) mass is 639 g/mol. The highest BCUT2D eigenvalue weighted by molar-refractivity contribution is 6.37. The van der Waals surface area contributed by atoms with Gasteiger partial charge in [0, 0.05) is 36.7 Å². The van der Waals surface area contributed by atoms with Crippen molar-refractivity contribution in [2.45, 2.75) is 104 Å². The van der Waals surface area contributed by atoms with E-state index in [2.05, 4.69) is 49.4 Å². The lowest BCUT2D eigenvalue weighted by Gasteiger charge is -2.38. The number of hydrogen-bond donors (Lipinski definition) is 3. The van der Waals surface area contributed by atoms with Gasteiger partial charge in [-0.15, -0.1) is 0 Å². The first-order chi connectivity index (χ1) is 22.1. The second-order valence-electron chi connectivity index (χ2n) is 11.6. The number of fused-ring (bicyclic) bond motifs is 2. The van der Waals surface area contributed by atoms with Crippen molar-refractivity contribution < 1.29 is 28.8 Å². The third-order valence-corrected chi connectivity index (χ3v) is 8.11. The Morgan fingerprint density at radius 1 is 0.957 bits per heavy atom. The van der Waals surface area contributed by atoms with Gasteiger partial charge in [-0.3, -0.25) is 24.0 Å². The summed E-state index contributed by atoms with van der Waals surface area (Å²) < 4.78 is 1.78. The predicted molar refractivity (Wildman–Crippen MR) is 180 cm³/mol. The number of nitrogens with one attached hydrogen (secondary N) is 3. The fourth-order valence-electron chi connectivity index (χ4n) is 5.21. The van der Waals surface area contributed by atoms with E-state index in [9.17, 15) is 24.0 Å². The van der Waals surface area contributed by atoms with Crippen LogP contribution in [0.2, 0.25) is 0 Å². The number of amides is 3. The van der Waals surface area contributed by atoms with Crippen molar-refractivity contribution in [1.82, 2.24) is 25.6 Å². The number of para-hydroxylation sites is 1. The fourth-order valence-corrected chi connectivity index (χ4v) is 5.21. The molecule has 3 heterocycles. The quantitative estimate of drug-likeness (QED) is 0.278. The molecule has 46 heavy (non-hydrogen) atoms. The number of unbranched alkanes of at least 4 members (excludes halogenated alkanes) is 2. The lowest BCUT2D eigenvalue weighted by Crippen LogP contribution is -2.56. The molecule has 0 spiro atoms. The molecule has 2 saturated heterocycles. The number of hydrogen-bond acceptors (Lipinski definition) is 7. The van der Waals surface area contributed by atoms with Gasteiger partial charge in [0.2, 0.25) is 17.7 Å². The summed E-state index contributed by atoms with van der Waals surface area (Å²) in [6, 6.07) is 6.96. The zero-order valence-corrected chi connectivity index (χ0v) is 28.3. The van der Waals surface area contributed by atoms with Crippen LogP contribution in [0.25, 0.3) is 10.9 Å². The molecule has 0 aliphatic carbocycles. The number of rotatable bonds is 9. The van der Waals surface area contributed by atoms with Crippen molar-refractivity contribution >= 4 is 40.2 Å². The maximum absolute atomic E-state index is 12.9. The van der Waals surface area contributed by atoms with Gasteiger partial charge in [-0.25, -0.2) is 0 Å². The van der Waals surface area contributed by atoms with Crippen LogP contribution in [0.1, 0.15) is 90.5 Å². The number of nitrogens with zero attached hydrogens (tertiary/aromatic N) is 2. The SMILES string of the molecule is C=C1CNC(=O)CNC(=O)[C@H](CCCCC(=O)C(=O)CC)NC(=O)C2CCCCN12.CCCC.COn1cc(C)c2ccccc21. The van der Waals surface area contributed by atoms with Crippen LogP contribution in [0.5, 0.6) is 0 Å². The second kappa shape index (κ2) is 20.1. The molecular weight excluding hydrogens is 586 g/mol. The van der Waals surface area contributed by atoms with Crippen molar-refractivity contribution in [3.63, 3.8) is 0 Å². The molecule has 2 fully saturated rings. The third kappa shape index (κ3) is 11.7. The van der Waals surface area contributed by atoms with Gasteiger partial charge < -0.3 is 25.7 Å². The lowest BCUT2D eigenvalue weighted by atomic mass is 9.99. The van der Waals surface area contributed by atoms with Crippen LogP contribution in [0.4, 0.5) is 0 Å². The Morgan fingerprint density at radius 2 is 1.67 bits per heavy atom. The number of ketones is 2. The summed E-state index contributed by atoms with van der Waals surface area (Å²) in [4.78, 5) is 67.6. The molecule has 2 atom stereocenters. The number of Topliss-reactive ketones (excluding diaryl/α,β-unsaturated/α-hetero) is 2. The van der Waals surface area contributed by atoms with Gasteiger partial charge in [0.15, 0.2) is 11.6 Å². The second-order valence-corrected chi connectivity index (χ2v) is 11.6. The summed E-state index contributed by atoms with van der Waals surface area (Å²) in [5, 5.41) is 9.35. The van der Waals surface area contributed by atoms with Crippen molar-refractivity contribution in [1.29, 1.82) is 0 Å². The molecule has 0 radical (unpaired) electrons. The van der Waals surface area contributed by atoms with Gasteiger partial charge >= 0.3 is 0 Å². The molecule has 3 N–H and O–H groups in total. The van der Waals surface area contributed by atoms with Crippen molar-refractivity contribution in [3.05, 3.63) is 48.3 Å². The van der Waals surface area contributed by atoms with Gasteiger partial charge in [-0.1, -0.05) is 64.8 Å². The molecule has 3 amide bonds. The van der Waals surface area contributed by atoms with Crippen molar-refractivity contribution in [2.24, 2.45) is 0 Å². The van der Waals surface area contributed by atoms with E-state index >= 15 is 0 Å². The first kappa shape index (κ1) is 38.0. The summed E-state index contributed by atoms with van der Waals surface area (Å²) in [6.45, 7) is 12.8. The highest BCUT2D eigenvalue weighted by Crippen LogP contribution is 2.22. The summed E-state index contributed by atoms with van der Waals surface area (Å²) in [5.74, 6) is -1.79. The summed E-state index contributed by atoms with van der Waals surface area (Å²) in [5.41, 5.74) is 3.04. The zero-order chi connectivity index (χ0) is 34.1. The van der Waals surface area contributed by atoms with E-state index in [1.807, 2.05) is 29.3 Å². The van der Waals surface area contributed by atoms with Gasteiger partial charge in [0.05, 0.1) is 18.6 Å². The first-order valence-corrected chi connectivity index (χ1v) is 16.5. The maximum Gasteiger partial charge on any atom is 0.243 e. The standard InChI is InChI=1S/C21H32N4O5.C10H11NO.C4H10/c1-3-17(26)18(27)10-5-4-8-15-20(29)23-13-19(28)22-12-14(2)25-11-7-6-9-16(25)21(30)24-15;1-8-7-11(12-2)10-6-4-3-5-9(8)10;1-3-4-2/h15-16H,2-13H2,1H3,(H,22,28)(H,23,29)(H,24,30);3-7H,1-2H3;3-4H2,1-2H3/t15-,16?;;/m0../s1. The Hall–Kier alpha value is -4.15. The molecule has 4 rings (SSSR count). The highest BCUT2D eigenvalue weighted by atomic mass is 16.6. The van der Waals surface area contributed by atoms with E-state index in [0.717, 1.165) is 18.4 Å². The molecule has 2 aliphatic heterocycles. The Morgan fingerprint density at radius 3 is 2.35 bits per heavy atom. The largest absolute Gasteiger partial charge is 0.417 e. The van der Waals surface area contributed by atoms with Crippen LogP contribution < -0.4 is 20.8 Å². The number of carbonyl (C=O) groups excluding carboxylic acids is 5. The predicted octanol–water partition coefficient (Wildman–Crippen LogP) is 4.01. The normalized spacial score (nSPS) is 18.6. The Labute approximate surface area is 273 Å². The molecular formula is C35H53N5O6. The molecule has 11 heteroatoms. The minimum atomic E-state index is -0.807. The van der Waals surface area contributed by atoms with E-state index in [1.54, 1.807) is 18.8 Å². The average molecular weight is 640 g/mol. The molecule has 2 aromatic rings. The Kier molecular flexibility index (Phi) is 16.6. The van der Waals surface area contributed by atoms with Crippen LogP contribution in [-0.2, 0) is 24.0 Å². The van der Waals surface area contributed by atoms with Gasteiger partial charge in [0.1, 0.15) is 19.2 Å². The van der Waals surface area contributed by atoms with Crippen LogP contribution in [0, 0.1) is 6.92 Å². The van der Waals surface area contributed by atoms with Gasteiger partial charge in [-0.2, -0.15) is 4.73 Å². The van der Waals surface area contributed by atoms with Crippen LogP contribution in [0.3, 0.4) is 0 Å². The third-order valence-electron chi connectivity index (χ3n) is 8.11. The number of carbonyl (C=O) groups is 5. The molecule has 1 aromatic carbocycles. The van der Waals surface area contributed by atoms with Crippen LogP contribution in [-0.4, -0.2) is 77.7 Å². The number of benzene rings is 1. The van der Waals surface area contributed by atoms with E-state index < -0.39 is 29.6 Å². The minimum Gasteiger partial charge on any atom is -0.417 e. The van der Waals surface area contributed by atoms with Crippen LogP contribution >= 0.6 is 0 Å². The smallest absolute Gasteiger partial charge is 0.243 e. The van der Waals surface area contributed by atoms with E-state index in [4.69, 9.17) is 4.84 Å². The number of aromatic nitrogens is 1. The number of aryl methyl sites for hydroxylation is 1. The van der Waals surface area contributed by atoms with Gasteiger partial charge in [0.25, 0.3) is 0 Å². The topological polar surface area (TPSA) is 139 Å². The molecule has 1 unspecified atom stereocenters. The number of piperidine rings is 1.